The molecule has 0 saturated heterocycles. The second-order valence-corrected chi connectivity index (χ2v) is 2.73. The van der Waals surface area contributed by atoms with Crippen LogP contribution in [0.4, 0.5) is 8.78 Å². The van der Waals surface area contributed by atoms with Gasteiger partial charge in [0, 0.05) is 6.42 Å². The molecule has 0 aliphatic carbocycles. The van der Waals surface area contributed by atoms with Gasteiger partial charge in [-0.3, -0.25) is 0 Å². The Hall–Kier alpha value is -0.670. The van der Waals surface area contributed by atoms with Crippen molar-refractivity contribution >= 4 is 5.97 Å². The molecule has 1 unspecified atom stereocenters. The molecule has 0 bridgehead atoms. The Morgan fingerprint density at radius 1 is 1.64 bits per heavy atom. The fourth-order valence-electron chi connectivity index (χ4n) is 0.669. The minimum atomic E-state index is -3.56. The molecular weight excluding hydrogens is 154 g/mol. The third kappa shape index (κ3) is 3.30. The van der Waals surface area contributed by atoms with Gasteiger partial charge in [-0.05, 0) is 5.92 Å². The number of halogens is 2. The van der Waals surface area contributed by atoms with Gasteiger partial charge in [0.2, 0.25) is 0 Å². The van der Waals surface area contributed by atoms with Gasteiger partial charge in [0.05, 0.1) is 0 Å². The van der Waals surface area contributed by atoms with E-state index in [1.165, 1.54) is 0 Å². The molecule has 0 rings (SSSR count). The fraction of sp³-hybridized carbons (Fsp3) is 0.857. The maximum absolute atomic E-state index is 12.4. The van der Waals surface area contributed by atoms with Gasteiger partial charge in [-0.15, -0.1) is 0 Å². The summed E-state index contributed by atoms with van der Waals surface area (Å²) in [7, 11) is 0. The molecule has 0 heterocycles. The van der Waals surface area contributed by atoms with Gasteiger partial charge < -0.3 is 5.11 Å². The maximum atomic E-state index is 12.4. The van der Waals surface area contributed by atoms with Crippen molar-refractivity contribution in [3.63, 3.8) is 0 Å². The summed E-state index contributed by atoms with van der Waals surface area (Å²) in [5.74, 6) is -5.84. The Labute approximate surface area is 64.2 Å². The first-order chi connectivity index (χ1) is 4.90. The molecule has 1 N–H and O–H groups in total. The first-order valence-electron chi connectivity index (χ1n) is 3.51. The van der Waals surface area contributed by atoms with Gasteiger partial charge in [0.1, 0.15) is 0 Å². The molecule has 0 spiro atoms. The number of hydrogen-bond acceptors (Lipinski definition) is 1. The highest BCUT2D eigenvalue weighted by molar-refractivity contribution is 5.75. The van der Waals surface area contributed by atoms with Crippen LogP contribution < -0.4 is 0 Å². The summed E-state index contributed by atoms with van der Waals surface area (Å²) in [6, 6.07) is 0. The van der Waals surface area contributed by atoms with Gasteiger partial charge in [-0.2, -0.15) is 8.78 Å². The molecule has 2 nitrogen and oxygen atoms in total. The van der Waals surface area contributed by atoms with Crippen LogP contribution in [-0.2, 0) is 4.79 Å². The molecule has 66 valence electrons. The number of hydrogen-bond donors (Lipinski definition) is 1. The van der Waals surface area contributed by atoms with Crippen molar-refractivity contribution in [1.29, 1.82) is 0 Å². The number of carbonyl (C=O) groups is 1. The quantitative estimate of drug-likeness (QED) is 0.694. The number of aliphatic carboxylic acids is 1. The van der Waals surface area contributed by atoms with E-state index in [0.717, 1.165) is 0 Å². The molecule has 1 atom stereocenters. The Kier molecular flexibility index (Phi) is 3.42. The van der Waals surface area contributed by atoms with Gasteiger partial charge in [0.25, 0.3) is 0 Å². The second kappa shape index (κ2) is 3.64. The van der Waals surface area contributed by atoms with Crippen molar-refractivity contribution < 1.29 is 18.7 Å². The molecular formula is C7H12F2O2. The Morgan fingerprint density at radius 2 is 2.09 bits per heavy atom. The summed E-state index contributed by atoms with van der Waals surface area (Å²) in [6.45, 7) is 3.36. The van der Waals surface area contributed by atoms with Crippen molar-refractivity contribution in [2.45, 2.75) is 32.6 Å². The number of carboxylic acids is 1. The van der Waals surface area contributed by atoms with Crippen molar-refractivity contribution in [1.82, 2.24) is 0 Å². The fourth-order valence-corrected chi connectivity index (χ4v) is 0.669. The number of carboxylic acid groups (broad SMARTS) is 1. The van der Waals surface area contributed by atoms with Crippen LogP contribution in [0.25, 0.3) is 0 Å². The molecule has 0 aromatic rings. The predicted molar refractivity (Wildman–Crippen MR) is 36.7 cm³/mol. The molecule has 0 fully saturated rings. The maximum Gasteiger partial charge on any atom is 0.374 e. The second-order valence-electron chi connectivity index (χ2n) is 2.73. The highest BCUT2D eigenvalue weighted by Gasteiger charge is 2.39. The van der Waals surface area contributed by atoms with Gasteiger partial charge in [-0.25, -0.2) is 4.79 Å². The average molecular weight is 166 g/mol. The molecule has 0 aromatic heterocycles. The third-order valence-electron chi connectivity index (χ3n) is 1.61. The van der Waals surface area contributed by atoms with Crippen LogP contribution in [0.15, 0.2) is 0 Å². The molecule has 0 aliphatic rings. The molecule has 0 radical (unpaired) electrons. The lowest BCUT2D eigenvalue weighted by atomic mass is 10.0. The Balaban J connectivity index is 4.01. The van der Waals surface area contributed by atoms with E-state index in [4.69, 9.17) is 5.11 Å². The van der Waals surface area contributed by atoms with E-state index in [0.29, 0.717) is 6.42 Å². The van der Waals surface area contributed by atoms with Crippen molar-refractivity contribution in [2.75, 3.05) is 0 Å². The first kappa shape index (κ1) is 10.3. The lowest BCUT2D eigenvalue weighted by Gasteiger charge is -2.14. The summed E-state index contributed by atoms with van der Waals surface area (Å²) in [5.41, 5.74) is 0. The van der Waals surface area contributed by atoms with Crippen LogP contribution in [0.1, 0.15) is 26.7 Å². The lowest BCUT2D eigenvalue weighted by molar-refractivity contribution is -0.167. The van der Waals surface area contributed by atoms with E-state index in [9.17, 15) is 13.6 Å². The van der Waals surface area contributed by atoms with Crippen LogP contribution in [-0.4, -0.2) is 17.0 Å². The molecule has 0 saturated carbocycles. The first-order valence-corrected chi connectivity index (χ1v) is 3.51. The number of rotatable bonds is 4. The minimum absolute atomic E-state index is 0.249. The van der Waals surface area contributed by atoms with Crippen LogP contribution in [0.2, 0.25) is 0 Å². The topological polar surface area (TPSA) is 37.3 Å². The highest BCUT2D eigenvalue weighted by Crippen LogP contribution is 2.24. The highest BCUT2D eigenvalue weighted by atomic mass is 19.3. The Morgan fingerprint density at radius 3 is 2.36 bits per heavy atom. The van der Waals surface area contributed by atoms with Gasteiger partial charge >= 0.3 is 11.9 Å². The van der Waals surface area contributed by atoms with Gasteiger partial charge in [-0.1, -0.05) is 20.3 Å². The number of alkyl halides is 2. The third-order valence-corrected chi connectivity index (χ3v) is 1.61. The summed E-state index contributed by atoms with van der Waals surface area (Å²) >= 11 is 0. The standard InChI is InChI=1S/C7H12F2O2/c1-3-5(2)4-7(8,9)6(10)11/h5H,3-4H2,1-2H3,(H,10,11). The predicted octanol–water partition coefficient (Wildman–Crippen LogP) is 2.14. The average Bonchev–Trinajstić information content (AvgIpc) is 1.86. The molecule has 0 aliphatic heterocycles. The van der Waals surface area contributed by atoms with Crippen LogP contribution >= 0.6 is 0 Å². The van der Waals surface area contributed by atoms with E-state index >= 15 is 0 Å². The van der Waals surface area contributed by atoms with E-state index in [1.807, 2.05) is 0 Å². The van der Waals surface area contributed by atoms with Gasteiger partial charge in [0.15, 0.2) is 0 Å². The summed E-state index contributed by atoms with van der Waals surface area (Å²) in [4.78, 5) is 9.92. The summed E-state index contributed by atoms with van der Waals surface area (Å²) < 4.78 is 24.8. The van der Waals surface area contributed by atoms with E-state index in [1.54, 1.807) is 13.8 Å². The smallest absolute Gasteiger partial charge is 0.374 e. The van der Waals surface area contributed by atoms with Crippen molar-refractivity contribution in [3.05, 3.63) is 0 Å². The lowest BCUT2D eigenvalue weighted by Crippen LogP contribution is -2.30. The Bertz CT molecular complexity index is 145. The molecule has 0 amide bonds. The van der Waals surface area contributed by atoms with E-state index in [-0.39, 0.29) is 5.92 Å². The van der Waals surface area contributed by atoms with E-state index < -0.39 is 18.3 Å². The SMILES string of the molecule is CCC(C)CC(F)(F)C(=O)O. The van der Waals surface area contributed by atoms with Crippen molar-refractivity contribution in [2.24, 2.45) is 5.92 Å². The monoisotopic (exact) mass is 166 g/mol. The molecule has 4 heteroatoms. The van der Waals surface area contributed by atoms with Crippen molar-refractivity contribution in [3.8, 4) is 0 Å². The largest absolute Gasteiger partial charge is 0.477 e. The summed E-state index contributed by atoms with van der Waals surface area (Å²) in [5, 5.41) is 8.04. The van der Waals surface area contributed by atoms with E-state index in [2.05, 4.69) is 0 Å². The minimum Gasteiger partial charge on any atom is -0.477 e. The normalized spacial score (nSPS) is 14.5. The molecule has 11 heavy (non-hydrogen) atoms. The zero-order chi connectivity index (χ0) is 9.07. The van der Waals surface area contributed by atoms with Crippen LogP contribution in [0, 0.1) is 5.92 Å². The summed E-state index contributed by atoms with van der Waals surface area (Å²) in [6.07, 6.45) is 0.00169. The van der Waals surface area contributed by atoms with Crippen LogP contribution in [0.5, 0.6) is 0 Å². The zero-order valence-corrected chi connectivity index (χ0v) is 6.60. The molecule has 0 aromatic carbocycles. The zero-order valence-electron chi connectivity index (χ0n) is 6.60. The van der Waals surface area contributed by atoms with Crippen LogP contribution in [0.3, 0.4) is 0 Å².